The first-order chi connectivity index (χ1) is 18.9. The van der Waals surface area contributed by atoms with Gasteiger partial charge in [-0.05, 0) is 48.9 Å². The number of benzene rings is 2. The lowest BCUT2D eigenvalue weighted by Gasteiger charge is -2.27. The van der Waals surface area contributed by atoms with Crippen molar-refractivity contribution >= 4 is 33.4 Å². The Morgan fingerprint density at radius 3 is 2.26 bits per heavy atom. The topological polar surface area (TPSA) is 115 Å². The van der Waals surface area contributed by atoms with Gasteiger partial charge in [0.25, 0.3) is 5.70 Å². The van der Waals surface area contributed by atoms with E-state index in [2.05, 4.69) is 35.1 Å². The van der Waals surface area contributed by atoms with Crippen molar-refractivity contribution in [3.05, 3.63) is 99.8 Å². The maximum absolute atomic E-state index is 13.5. The Balaban J connectivity index is 0.00000260. The molecule has 0 amide bonds. The zero-order valence-electron chi connectivity index (χ0n) is 22.8. The standard InChI is InChI=1S/C29H35N3O5.CH3Br/c1-3-21(4-2)27(20-30-19-26(33)24-17-11-12-18-25(24)32(35)36)37-29(34)28(22-13-7-5-8-14-22)31-23-15-9-6-10-16-23;1-2/h5-11,13-17,21,27-28,30-31H,3-4,12,18-20H2,1-2H3;1H3/p+1/t27-,28+;/m0./s1. The molecule has 0 saturated heterocycles. The molecule has 0 bridgehead atoms. The van der Waals surface area contributed by atoms with Crippen molar-refractivity contribution < 1.29 is 24.6 Å². The zero-order valence-corrected chi connectivity index (χ0v) is 24.4. The minimum absolute atomic E-state index is 0.0263. The predicted octanol–water partition coefficient (Wildman–Crippen LogP) is 5.21. The van der Waals surface area contributed by atoms with Gasteiger partial charge in [0.2, 0.25) is 5.78 Å². The second-order valence-electron chi connectivity index (χ2n) is 9.12. The highest BCUT2D eigenvalue weighted by Crippen LogP contribution is 2.24. The van der Waals surface area contributed by atoms with Crippen LogP contribution in [0.2, 0.25) is 0 Å². The number of para-hydroxylation sites is 1. The fraction of sp³-hybridized carbons (Fsp3) is 0.400. The number of carbonyl (C=O) groups is 2. The van der Waals surface area contributed by atoms with E-state index in [1.54, 1.807) is 17.5 Å². The lowest BCUT2D eigenvalue weighted by Crippen LogP contribution is -2.88. The van der Waals surface area contributed by atoms with Gasteiger partial charge in [-0.25, -0.2) is 4.79 Å². The van der Waals surface area contributed by atoms with Crippen LogP contribution in [0, 0.1) is 16.0 Å². The smallest absolute Gasteiger partial charge is 0.333 e. The van der Waals surface area contributed by atoms with Crippen molar-refractivity contribution in [1.82, 2.24) is 0 Å². The Morgan fingerprint density at radius 2 is 1.67 bits per heavy atom. The summed E-state index contributed by atoms with van der Waals surface area (Å²) in [4.78, 5) is 37.1. The van der Waals surface area contributed by atoms with Gasteiger partial charge in [-0.3, -0.25) is 14.9 Å². The number of nitrogens with one attached hydrogen (secondary N) is 1. The van der Waals surface area contributed by atoms with Crippen LogP contribution in [-0.2, 0) is 14.3 Å². The summed E-state index contributed by atoms with van der Waals surface area (Å²) in [7, 11) is 0. The first-order valence-electron chi connectivity index (χ1n) is 13.3. The lowest BCUT2D eigenvalue weighted by atomic mass is 9.95. The molecule has 3 N–H and O–H groups in total. The average molecular weight is 602 g/mol. The number of nitrogens with zero attached hydrogens (tertiary/aromatic N) is 1. The number of alkyl halides is 1. The van der Waals surface area contributed by atoms with Crippen LogP contribution in [0.25, 0.3) is 0 Å². The number of quaternary nitrogens is 1. The van der Waals surface area contributed by atoms with E-state index in [0.717, 1.165) is 24.1 Å². The van der Waals surface area contributed by atoms with Crippen LogP contribution in [0.1, 0.15) is 51.1 Å². The number of Topliss-reactive ketones (excluding diaryl/α,β-unsaturated/α-hetero) is 1. The summed E-state index contributed by atoms with van der Waals surface area (Å²) in [6, 6.07) is 18.2. The Kier molecular flexibility index (Phi) is 14.2. The SMILES string of the molecule is CBr.CCC(CC)[C@H](C[NH2+]CC(=O)C1=C([N+](=O)[O-])CCC=C1)OC(=O)[C@H](Nc1ccccc1)c1ccccc1. The van der Waals surface area contributed by atoms with Crippen LogP contribution >= 0.6 is 15.9 Å². The van der Waals surface area contributed by atoms with E-state index in [9.17, 15) is 19.7 Å². The zero-order chi connectivity index (χ0) is 28.6. The normalized spacial score (nSPS) is 14.2. The monoisotopic (exact) mass is 600 g/mol. The summed E-state index contributed by atoms with van der Waals surface area (Å²) < 4.78 is 6.09. The summed E-state index contributed by atoms with van der Waals surface area (Å²) >= 11 is 2.94. The van der Waals surface area contributed by atoms with Gasteiger partial charge in [0.05, 0.1) is 10.5 Å². The number of carbonyl (C=O) groups excluding carboxylic acids is 2. The number of nitrogens with two attached hydrogens (primary N) is 1. The van der Waals surface area contributed by atoms with Crippen LogP contribution in [0.15, 0.2) is 84.1 Å². The number of allylic oxidation sites excluding steroid dienone is 3. The molecule has 0 heterocycles. The van der Waals surface area contributed by atoms with Gasteiger partial charge in [0.15, 0.2) is 12.1 Å². The molecular weight excluding hydrogens is 562 g/mol. The molecule has 8 nitrogen and oxygen atoms in total. The van der Waals surface area contributed by atoms with E-state index < -0.39 is 17.1 Å². The first-order valence-corrected chi connectivity index (χ1v) is 14.9. The summed E-state index contributed by atoms with van der Waals surface area (Å²) in [5.41, 5.74) is 1.74. The first kappa shape index (κ1) is 31.9. The number of esters is 1. The molecule has 0 aromatic heterocycles. The fourth-order valence-electron chi connectivity index (χ4n) is 4.58. The molecule has 0 spiro atoms. The number of ketones is 1. The quantitative estimate of drug-likeness (QED) is 0.133. The van der Waals surface area contributed by atoms with E-state index in [0.29, 0.717) is 13.0 Å². The third-order valence-electron chi connectivity index (χ3n) is 6.69. The Labute approximate surface area is 239 Å². The molecular formula is C30H39BrN3O5+. The Bertz CT molecular complexity index is 1120. The molecule has 2 atom stereocenters. The highest BCUT2D eigenvalue weighted by molar-refractivity contribution is 9.08. The lowest BCUT2D eigenvalue weighted by molar-refractivity contribution is -0.650. The highest BCUT2D eigenvalue weighted by Gasteiger charge is 2.31. The van der Waals surface area contributed by atoms with Gasteiger partial charge in [-0.1, -0.05) is 84.4 Å². The third-order valence-corrected chi connectivity index (χ3v) is 6.69. The average Bonchev–Trinajstić information content (AvgIpc) is 2.98. The summed E-state index contributed by atoms with van der Waals surface area (Å²) in [5, 5.41) is 16.4. The molecule has 0 radical (unpaired) electrons. The predicted molar refractivity (Wildman–Crippen MR) is 157 cm³/mol. The van der Waals surface area contributed by atoms with Crippen molar-refractivity contribution in [3.63, 3.8) is 0 Å². The molecule has 2 aromatic carbocycles. The number of ether oxygens (including phenoxy) is 1. The highest BCUT2D eigenvalue weighted by atomic mass is 79.9. The van der Waals surface area contributed by atoms with Gasteiger partial charge in [0.1, 0.15) is 13.1 Å². The molecule has 210 valence electrons. The number of hydrogen-bond donors (Lipinski definition) is 2. The molecule has 0 fully saturated rings. The van der Waals surface area contributed by atoms with E-state index in [1.165, 1.54) is 0 Å². The van der Waals surface area contributed by atoms with E-state index in [4.69, 9.17) is 4.74 Å². The van der Waals surface area contributed by atoms with Crippen LogP contribution < -0.4 is 10.6 Å². The molecule has 1 aliphatic carbocycles. The van der Waals surface area contributed by atoms with Crippen molar-refractivity contribution in [3.8, 4) is 0 Å². The molecule has 0 aliphatic heterocycles. The van der Waals surface area contributed by atoms with Crippen LogP contribution in [-0.4, -0.2) is 41.7 Å². The maximum atomic E-state index is 13.5. The van der Waals surface area contributed by atoms with Gasteiger partial charge in [0, 0.05) is 18.0 Å². The molecule has 39 heavy (non-hydrogen) atoms. The second kappa shape index (κ2) is 17.3. The molecule has 9 heteroatoms. The van der Waals surface area contributed by atoms with Crippen LogP contribution in [0.3, 0.4) is 0 Å². The van der Waals surface area contributed by atoms with Crippen molar-refractivity contribution in [1.29, 1.82) is 0 Å². The Hall–Kier alpha value is -3.30. The molecule has 0 saturated carbocycles. The van der Waals surface area contributed by atoms with Crippen molar-refractivity contribution in [2.24, 2.45) is 5.92 Å². The van der Waals surface area contributed by atoms with E-state index >= 15 is 0 Å². The van der Waals surface area contributed by atoms with Gasteiger partial charge < -0.3 is 15.4 Å². The van der Waals surface area contributed by atoms with Crippen molar-refractivity contribution in [2.75, 3.05) is 24.2 Å². The van der Waals surface area contributed by atoms with Crippen LogP contribution in [0.5, 0.6) is 0 Å². The Morgan fingerprint density at radius 1 is 1.05 bits per heavy atom. The number of anilines is 1. The number of halogens is 1. The molecule has 1 aliphatic rings. The number of hydrogen-bond acceptors (Lipinski definition) is 6. The van der Waals surface area contributed by atoms with E-state index in [1.807, 2.05) is 66.5 Å². The largest absolute Gasteiger partial charge is 0.454 e. The fourth-order valence-corrected chi connectivity index (χ4v) is 4.58. The minimum Gasteiger partial charge on any atom is -0.454 e. The molecule has 0 unspecified atom stereocenters. The van der Waals surface area contributed by atoms with Crippen LogP contribution in [0.4, 0.5) is 5.69 Å². The second-order valence-corrected chi connectivity index (χ2v) is 9.12. The minimum atomic E-state index is -0.692. The summed E-state index contributed by atoms with van der Waals surface area (Å²) in [6.07, 6.45) is 5.38. The third kappa shape index (κ3) is 9.75. The summed E-state index contributed by atoms with van der Waals surface area (Å²) in [6.45, 7) is 4.55. The summed E-state index contributed by atoms with van der Waals surface area (Å²) in [5.74, 6) is 1.25. The van der Waals surface area contributed by atoms with Crippen molar-refractivity contribution in [2.45, 2.75) is 51.7 Å². The number of nitro groups is 1. The molecule has 2 aromatic rings. The van der Waals surface area contributed by atoms with Gasteiger partial charge >= 0.3 is 5.97 Å². The van der Waals surface area contributed by atoms with Gasteiger partial charge in [-0.15, -0.1) is 0 Å². The maximum Gasteiger partial charge on any atom is 0.333 e. The van der Waals surface area contributed by atoms with Gasteiger partial charge in [-0.2, -0.15) is 0 Å². The number of rotatable bonds is 14. The molecule has 3 rings (SSSR count). The van der Waals surface area contributed by atoms with E-state index in [-0.39, 0.29) is 41.9 Å².